The highest BCUT2D eigenvalue weighted by Gasteiger charge is 2.29. The predicted octanol–water partition coefficient (Wildman–Crippen LogP) is 4.47. The maximum absolute atomic E-state index is 12.5. The number of carbonyl (C=O) groups is 2. The Labute approximate surface area is 203 Å². The number of nitrogens with one attached hydrogen (secondary N) is 3. The minimum absolute atomic E-state index is 0.0394. The fourth-order valence-corrected chi connectivity index (χ4v) is 4.49. The van der Waals surface area contributed by atoms with E-state index < -0.39 is 0 Å². The summed E-state index contributed by atoms with van der Waals surface area (Å²) in [5, 5.41) is 9.69. The van der Waals surface area contributed by atoms with Crippen LogP contribution in [-0.4, -0.2) is 37.6 Å². The second kappa shape index (κ2) is 13.4. The van der Waals surface area contributed by atoms with Crippen molar-refractivity contribution < 1.29 is 14.3 Å². The molecule has 2 rings (SSSR count). The van der Waals surface area contributed by atoms with Crippen molar-refractivity contribution in [2.75, 3.05) is 19.7 Å². The molecule has 3 unspecified atom stereocenters. The molecule has 0 saturated heterocycles. The number of ether oxygens (including phenoxy) is 1. The Hall–Kier alpha value is -2.31. The summed E-state index contributed by atoms with van der Waals surface area (Å²) in [4.78, 5) is 24.5. The van der Waals surface area contributed by atoms with Gasteiger partial charge < -0.3 is 20.7 Å². The van der Waals surface area contributed by atoms with Gasteiger partial charge in [-0.15, -0.1) is 0 Å². The fraction of sp³-hybridized carbons (Fsp3) is 0.538. The lowest BCUT2D eigenvalue weighted by Crippen LogP contribution is -2.44. The van der Waals surface area contributed by atoms with E-state index in [1.54, 1.807) is 11.1 Å². The number of hydrogen-bond acceptors (Lipinski definition) is 4. The molecule has 33 heavy (non-hydrogen) atoms. The summed E-state index contributed by atoms with van der Waals surface area (Å²) >= 11 is 5.62. The standard InChI is InChI=1S/C26H38ClN3O3/c1-17(14-19(3)30-25(31)16-33-20(4)11-10-18(2)27)26(32)28-13-12-24-21(5)23-9-7-6-8-22(23)15-29-24/h10-11,17,21,24,29H,2-4,6-9,12-16H2,1,5H3,(H,28,32)(H,30,31)/b11-10-. The molecule has 182 valence electrons. The zero-order chi connectivity index (χ0) is 24.4. The molecule has 2 amide bonds. The summed E-state index contributed by atoms with van der Waals surface area (Å²) in [5.74, 6) is 0.128. The number of halogens is 1. The second-order valence-corrected chi connectivity index (χ2v) is 9.47. The summed E-state index contributed by atoms with van der Waals surface area (Å²) in [6.07, 6.45) is 9.38. The van der Waals surface area contributed by atoms with Crippen LogP contribution in [0.15, 0.2) is 59.5 Å². The van der Waals surface area contributed by atoms with Gasteiger partial charge in [-0.2, -0.15) is 0 Å². The van der Waals surface area contributed by atoms with Crippen LogP contribution in [0.25, 0.3) is 0 Å². The van der Waals surface area contributed by atoms with E-state index in [1.807, 2.05) is 6.92 Å². The minimum atomic E-state index is -0.361. The molecule has 2 aliphatic rings. The third-order valence-electron chi connectivity index (χ3n) is 6.27. The third kappa shape index (κ3) is 9.22. The Morgan fingerprint density at radius 3 is 2.70 bits per heavy atom. The Morgan fingerprint density at radius 1 is 1.24 bits per heavy atom. The lowest BCUT2D eigenvalue weighted by molar-refractivity contribution is -0.125. The second-order valence-electron chi connectivity index (χ2n) is 8.98. The number of allylic oxidation sites excluding steroid dienone is 4. The maximum Gasteiger partial charge on any atom is 0.262 e. The van der Waals surface area contributed by atoms with Crippen molar-refractivity contribution in [3.63, 3.8) is 0 Å². The van der Waals surface area contributed by atoms with Crippen LogP contribution in [0.1, 0.15) is 52.4 Å². The molecular weight excluding hydrogens is 438 g/mol. The van der Waals surface area contributed by atoms with Gasteiger partial charge in [-0.25, -0.2) is 0 Å². The van der Waals surface area contributed by atoms with Crippen LogP contribution in [-0.2, 0) is 14.3 Å². The van der Waals surface area contributed by atoms with Gasteiger partial charge in [0.15, 0.2) is 6.61 Å². The van der Waals surface area contributed by atoms with Gasteiger partial charge in [0, 0.05) is 35.8 Å². The van der Waals surface area contributed by atoms with Crippen LogP contribution in [0, 0.1) is 11.8 Å². The van der Waals surface area contributed by atoms with Crippen molar-refractivity contribution in [2.24, 2.45) is 11.8 Å². The van der Waals surface area contributed by atoms with E-state index in [0.717, 1.165) is 13.0 Å². The van der Waals surface area contributed by atoms with Crippen molar-refractivity contribution in [1.82, 2.24) is 16.0 Å². The van der Waals surface area contributed by atoms with Crippen molar-refractivity contribution in [3.05, 3.63) is 59.5 Å². The summed E-state index contributed by atoms with van der Waals surface area (Å²) < 4.78 is 5.24. The molecule has 1 aliphatic carbocycles. The first-order valence-electron chi connectivity index (χ1n) is 11.7. The molecule has 0 aromatic rings. The molecular formula is C26H38ClN3O3. The van der Waals surface area contributed by atoms with E-state index in [1.165, 1.54) is 37.8 Å². The predicted molar refractivity (Wildman–Crippen MR) is 134 cm³/mol. The highest BCUT2D eigenvalue weighted by atomic mass is 35.5. The quantitative estimate of drug-likeness (QED) is 0.221. The molecule has 0 aromatic heterocycles. The molecule has 6 nitrogen and oxygen atoms in total. The summed E-state index contributed by atoms with van der Waals surface area (Å²) in [7, 11) is 0. The molecule has 3 atom stereocenters. The van der Waals surface area contributed by atoms with Crippen molar-refractivity contribution >= 4 is 23.4 Å². The monoisotopic (exact) mass is 475 g/mol. The van der Waals surface area contributed by atoms with E-state index >= 15 is 0 Å². The Kier molecular flexibility index (Phi) is 10.9. The lowest BCUT2D eigenvalue weighted by atomic mass is 9.78. The maximum atomic E-state index is 12.5. The third-order valence-corrected chi connectivity index (χ3v) is 6.40. The SMILES string of the molecule is C=C(Cl)/C=C\C(=C)OCC(=O)NC(=C)CC(C)C(=O)NCCC1NCC2=C(CCCC2)C1C. The number of carbonyl (C=O) groups excluding carboxylic acids is 2. The minimum Gasteiger partial charge on any atom is -0.484 e. The zero-order valence-electron chi connectivity index (χ0n) is 20.0. The van der Waals surface area contributed by atoms with Crippen molar-refractivity contribution in [3.8, 4) is 0 Å². The molecule has 1 aliphatic heterocycles. The van der Waals surface area contributed by atoms with Gasteiger partial charge in [0.1, 0.15) is 5.76 Å². The first-order chi connectivity index (χ1) is 15.7. The first-order valence-corrected chi connectivity index (χ1v) is 12.1. The van der Waals surface area contributed by atoms with Gasteiger partial charge >= 0.3 is 0 Å². The molecule has 0 aromatic carbocycles. The number of rotatable bonds is 12. The normalized spacial score (nSPS) is 21.2. The van der Waals surface area contributed by atoms with Crippen molar-refractivity contribution in [2.45, 2.75) is 58.4 Å². The van der Waals surface area contributed by atoms with Crippen LogP contribution >= 0.6 is 11.6 Å². The van der Waals surface area contributed by atoms with E-state index in [9.17, 15) is 9.59 Å². The van der Waals surface area contributed by atoms with Gasteiger partial charge in [-0.3, -0.25) is 9.59 Å². The van der Waals surface area contributed by atoms with Gasteiger partial charge in [0.2, 0.25) is 5.91 Å². The van der Waals surface area contributed by atoms with Crippen LogP contribution < -0.4 is 16.0 Å². The molecule has 0 spiro atoms. The Morgan fingerprint density at radius 2 is 1.97 bits per heavy atom. The van der Waals surface area contributed by atoms with E-state index in [2.05, 4.69) is 42.6 Å². The van der Waals surface area contributed by atoms with Gasteiger partial charge in [-0.1, -0.05) is 56.3 Å². The first kappa shape index (κ1) is 26.9. The fourth-order valence-electron chi connectivity index (χ4n) is 4.43. The molecule has 3 N–H and O–H groups in total. The topological polar surface area (TPSA) is 79.5 Å². The molecule has 1 heterocycles. The number of hydrogen-bond donors (Lipinski definition) is 3. The summed E-state index contributed by atoms with van der Waals surface area (Å²) in [6, 6.07) is 0.402. The smallest absolute Gasteiger partial charge is 0.262 e. The average molecular weight is 476 g/mol. The largest absolute Gasteiger partial charge is 0.484 e. The van der Waals surface area contributed by atoms with Crippen molar-refractivity contribution in [1.29, 1.82) is 0 Å². The Bertz CT molecular complexity index is 831. The highest BCUT2D eigenvalue weighted by Crippen LogP contribution is 2.34. The lowest BCUT2D eigenvalue weighted by Gasteiger charge is -2.37. The summed E-state index contributed by atoms with van der Waals surface area (Å²) in [5.41, 5.74) is 3.72. The molecule has 0 bridgehead atoms. The van der Waals surface area contributed by atoms with Crippen LogP contribution in [0.5, 0.6) is 0 Å². The number of amides is 2. The van der Waals surface area contributed by atoms with Gasteiger partial charge in [-0.05, 0) is 56.6 Å². The average Bonchev–Trinajstić information content (AvgIpc) is 2.77. The Balaban J connectivity index is 1.65. The zero-order valence-corrected chi connectivity index (χ0v) is 20.7. The van der Waals surface area contributed by atoms with E-state index in [-0.39, 0.29) is 24.3 Å². The summed E-state index contributed by atoms with van der Waals surface area (Å²) in [6.45, 7) is 16.6. The highest BCUT2D eigenvalue weighted by molar-refractivity contribution is 6.30. The molecule has 0 fully saturated rings. The molecule has 0 radical (unpaired) electrons. The van der Waals surface area contributed by atoms with Crippen LogP contribution in [0.2, 0.25) is 0 Å². The van der Waals surface area contributed by atoms with Crippen LogP contribution in [0.3, 0.4) is 0 Å². The van der Waals surface area contributed by atoms with Crippen LogP contribution in [0.4, 0.5) is 0 Å². The molecule has 0 saturated carbocycles. The van der Waals surface area contributed by atoms with E-state index in [4.69, 9.17) is 16.3 Å². The van der Waals surface area contributed by atoms with Gasteiger partial charge in [0.25, 0.3) is 5.91 Å². The molecule has 7 heteroatoms. The van der Waals surface area contributed by atoms with Gasteiger partial charge in [0.05, 0.1) is 0 Å². The van der Waals surface area contributed by atoms with E-state index in [0.29, 0.717) is 41.4 Å².